The molecule has 3 aromatic rings. The summed E-state index contributed by atoms with van der Waals surface area (Å²) in [6, 6.07) is 12.2. The predicted octanol–water partition coefficient (Wildman–Crippen LogP) is 2.14. The standard InChI is InChI=1S/C20H19N3O4/c1-21-18(24)16-6-3-9-23(16)19(25)14-5-2-4-12(10-14)13-7-8-17-15(11-13)22-20(26)27-17/h2,4-5,7-8,10-11,16H,3,6,9H2,1H3,(H,21,24)(H,22,26). The number of nitrogens with one attached hydrogen (secondary N) is 2. The number of rotatable bonds is 3. The first-order chi connectivity index (χ1) is 13.1. The average molecular weight is 365 g/mol. The number of hydrogen-bond donors (Lipinski definition) is 2. The lowest BCUT2D eigenvalue weighted by Crippen LogP contribution is -2.44. The van der Waals surface area contributed by atoms with Crippen LogP contribution in [0.15, 0.2) is 51.7 Å². The van der Waals surface area contributed by atoms with Crippen LogP contribution in [0, 0.1) is 0 Å². The Morgan fingerprint density at radius 2 is 2.00 bits per heavy atom. The summed E-state index contributed by atoms with van der Waals surface area (Å²) in [6.45, 7) is 0.573. The average Bonchev–Trinajstić information content (AvgIpc) is 3.32. The van der Waals surface area contributed by atoms with Gasteiger partial charge in [0, 0.05) is 19.2 Å². The second-order valence-corrected chi connectivity index (χ2v) is 6.58. The minimum absolute atomic E-state index is 0.133. The van der Waals surface area contributed by atoms with Gasteiger partial charge in [-0.3, -0.25) is 14.6 Å². The van der Waals surface area contributed by atoms with Crippen molar-refractivity contribution in [3.8, 4) is 11.1 Å². The highest BCUT2D eigenvalue weighted by molar-refractivity contribution is 5.99. The second-order valence-electron chi connectivity index (χ2n) is 6.58. The maximum absolute atomic E-state index is 13.0. The number of likely N-dealkylation sites (tertiary alicyclic amines) is 1. The lowest BCUT2D eigenvalue weighted by molar-refractivity contribution is -0.124. The van der Waals surface area contributed by atoms with E-state index in [1.165, 1.54) is 0 Å². The zero-order chi connectivity index (χ0) is 19.0. The van der Waals surface area contributed by atoms with Gasteiger partial charge in [-0.2, -0.15) is 0 Å². The fourth-order valence-electron chi connectivity index (χ4n) is 3.58. The highest BCUT2D eigenvalue weighted by atomic mass is 16.4. The largest absolute Gasteiger partial charge is 0.417 e. The van der Waals surface area contributed by atoms with E-state index in [1.54, 1.807) is 30.1 Å². The van der Waals surface area contributed by atoms with Crippen LogP contribution in [0.3, 0.4) is 0 Å². The van der Waals surface area contributed by atoms with Gasteiger partial charge in [-0.15, -0.1) is 0 Å². The van der Waals surface area contributed by atoms with Crippen molar-refractivity contribution in [2.75, 3.05) is 13.6 Å². The summed E-state index contributed by atoms with van der Waals surface area (Å²) in [5, 5.41) is 2.63. The smallest absolute Gasteiger partial charge is 0.408 e. The van der Waals surface area contributed by atoms with Crippen LogP contribution in [-0.2, 0) is 4.79 Å². The Balaban J connectivity index is 1.66. The number of benzene rings is 2. The lowest BCUT2D eigenvalue weighted by atomic mass is 10.0. The van der Waals surface area contributed by atoms with Crippen molar-refractivity contribution in [1.82, 2.24) is 15.2 Å². The number of oxazole rings is 1. The number of fused-ring (bicyclic) bond motifs is 1. The number of aromatic amines is 1. The highest BCUT2D eigenvalue weighted by Crippen LogP contribution is 2.26. The molecule has 27 heavy (non-hydrogen) atoms. The zero-order valence-electron chi connectivity index (χ0n) is 14.8. The van der Waals surface area contributed by atoms with E-state index in [4.69, 9.17) is 4.42 Å². The molecule has 0 saturated carbocycles. The van der Waals surface area contributed by atoms with Crippen LogP contribution in [0.25, 0.3) is 22.2 Å². The number of amides is 2. The Hall–Kier alpha value is -3.35. The number of carbonyl (C=O) groups excluding carboxylic acids is 2. The quantitative estimate of drug-likeness (QED) is 0.743. The fourth-order valence-corrected chi connectivity index (χ4v) is 3.58. The Morgan fingerprint density at radius 3 is 2.81 bits per heavy atom. The molecule has 7 heteroatoms. The minimum Gasteiger partial charge on any atom is -0.408 e. The topological polar surface area (TPSA) is 95.4 Å². The molecule has 2 N–H and O–H groups in total. The monoisotopic (exact) mass is 365 g/mol. The SMILES string of the molecule is CNC(=O)C1CCCN1C(=O)c1cccc(-c2ccc3oc(=O)[nH]c3c2)c1. The Morgan fingerprint density at radius 1 is 1.19 bits per heavy atom. The van der Waals surface area contributed by atoms with E-state index in [1.807, 2.05) is 24.3 Å². The molecule has 2 aromatic carbocycles. The summed E-state index contributed by atoms with van der Waals surface area (Å²) in [6.07, 6.45) is 1.49. The molecule has 138 valence electrons. The van der Waals surface area contributed by atoms with Gasteiger partial charge in [0.2, 0.25) is 5.91 Å². The van der Waals surface area contributed by atoms with Gasteiger partial charge >= 0.3 is 5.76 Å². The third-order valence-electron chi connectivity index (χ3n) is 4.92. The number of carbonyl (C=O) groups is 2. The molecule has 1 aliphatic heterocycles. The van der Waals surface area contributed by atoms with E-state index >= 15 is 0 Å². The van der Waals surface area contributed by atoms with E-state index in [-0.39, 0.29) is 11.8 Å². The third-order valence-corrected chi connectivity index (χ3v) is 4.92. The van der Waals surface area contributed by atoms with Crippen LogP contribution in [0.5, 0.6) is 0 Å². The van der Waals surface area contributed by atoms with E-state index < -0.39 is 11.8 Å². The van der Waals surface area contributed by atoms with Gasteiger partial charge in [0.25, 0.3) is 5.91 Å². The molecule has 0 spiro atoms. The molecule has 0 aliphatic carbocycles. The molecule has 4 rings (SSSR count). The van der Waals surface area contributed by atoms with Crippen LogP contribution in [0.2, 0.25) is 0 Å². The molecule has 1 saturated heterocycles. The van der Waals surface area contributed by atoms with Gasteiger partial charge in [0.05, 0.1) is 5.52 Å². The highest BCUT2D eigenvalue weighted by Gasteiger charge is 2.33. The van der Waals surface area contributed by atoms with Gasteiger partial charge < -0.3 is 14.6 Å². The van der Waals surface area contributed by atoms with E-state index in [0.29, 0.717) is 29.6 Å². The zero-order valence-corrected chi connectivity index (χ0v) is 14.8. The molecule has 0 radical (unpaired) electrons. The number of nitrogens with zero attached hydrogens (tertiary/aromatic N) is 1. The van der Waals surface area contributed by atoms with E-state index in [0.717, 1.165) is 17.5 Å². The molecule has 1 aromatic heterocycles. The third kappa shape index (κ3) is 3.12. The summed E-state index contributed by atoms with van der Waals surface area (Å²) < 4.78 is 5.02. The molecule has 2 heterocycles. The summed E-state index contributed by atoms with van der Waals surface area (Å²) in [4.78, 5) is 40.6. The fraction of sp³-hybridized carbons (Fsp3) is 0.250. The van der Waals surface area contributed by atoms with Crippen molar-refractivity contribution < 1.29 is 14.0 Å². The van der Waals surface area contributed by atoms with Crippen molar-refractivity contribution in [2.24, 2.45) is 0 Å². The van der Waals surface area contributed by atoms with Crippen LogP contribution >= 0.6 is 0 Å². The van der Waals surface area contributed by atoms with Crippen LogP contribution in [0.1, 0.15) is 23.2 Å². The maximum atomic E-state index is 13.0. The molecular formula is C20H19N3O4. The number of hydrogen-bond acceptors (Lipinski definition) is 4. The first kappa shape index (κ1) is 17.1. The molecule has 1 fully saturated rings. The molecule has 1 unspecified atom stereocenters. The Labute approximate surface area is 155 Å². The predicted molar refractivity (Wildman–Crippen MR) is 100 cm³/mol. The van der Waals surface area contributed by atoms with Crippen molar-refractivity contribution >= 4 is 22.9 Å². The lowest BCUT2D eigenvalue weighted by Gasteiger charge is -2.23. The van der Waals surface area contributed by atoms with Gasteiger partial charge in [0.15, 0.2) is 5.58 Å². The van der Waals surface area contributed by atoms with Crippen molar-refractivity contribution in [3.63, 3.8) is 0 Å². The number of H-pyrrole nitrogens is 1. The molecule has 7 nitrogen and oxygen atoms in total. The Kier molecular flexibility index (Phi) is 4.27. The molecule has 1 aliphatic rings. The van der Waals surface area contributed by atoms with Gasteiger partial charge in [-0.05, 0) is 48.2 Å². The van der Waals surface area contributed by atoms with Gasteiger partial charge in [0.1, 0.15) is 6.04 Å². The molecule has 1 atom stereocenters. The van der Waals surface area contributed by atoms with E-state index in [9.17, 15) is 14.4 Å². The number of likely N-dealkylation sites (N-methyl/N-ethyl adjacent to an activating group) is 1. The van der Waals surface area contributed by atoms with Gasteiger partial charge in [-0.25, -0.2) is 4.79 Å². The van der Waals surface area contributed by atoms with Crippen molar-refractivity contribution in [3.05, 3.63) is 58.6 Å². The Bertz CT molecular complexity index is 1080. The first-order valence-corrected chi connectivity index (χ1v) is 8.82. The van der Waals surface area contributed by atoms with Crippen molar-refractivity contribution in [2.45, 2.75) is 18.9 Å². The second kappa shape index (κ2) is 6.75. The van der Waals surface area contributed by atoms with E-state index in [2.05, 4.69) is 10.3 Å². The van der Waals surface area contributed by atoms with Crippen LogP contribution in [0.4, 0.5) is 0 Å². The minimum atomic E-state index is -0.500. The molecular weight excluding hydrogens is 346 g/mol. The summed E-state index contributed by atoms with van der Waals surface area (Å²) in [5.74, 6) is -0.785. The summed E-state index contributed by atoms with van der Waals surface area (Å²) in [5.41, 5.74) is 3.33. The normalized spacial score (nSPS) is 16.6. The van der Waals surface area contributed by atoms with Crippen LogP contribution < -0.4 is 11.1 Å². The van der Waals surface area contributed by atoms with Crippen molar-refractivity contribution in [1.29, 1.82) is 0 Å². The number of aromatic nitrogens is 1. The first-order valence-electron chi connectivity index (χ1n) is 8.82. The molecule has 0 bridgehead atoms. The molecule has 2 amide bonds. The summed E-state index contributed by atoms with van der Waals surface area (Å²) >= 11 is 0. The van der Waals surface area contributed by atoms with Crippen LogP contribution in [-0.4, -0.2) is 41.3 Å². The maximum Gasteiger partial charge on any atom is 0.417 e. The summed E-state index contributed by atoms with van der Waals surface area (Å²) in [7, 11) is 1.58. The van der Waals surface area contributed by atoms with Gasteiger partial charge in [-0.1, -0.05) is 18.2 Å².